The van der Waals surface area contributed by atoms with E-state index >= 15 is 0 Å². The molecule has 0 unspecified atom stereocenters. The van der Waals surface area contributed by atoms with Crippen LogP contribution in [0.4, 0.5) is 0 Å². The van der Waals surface area contributed by atoms with Crippen molar-refractivity contribution in [1.82, 2.24) is 9.55 Å². The van der Waals surface area contributed by atoms with E-state index in [1.54, 1.807) is 13.8 Å². The second-order valence-corrected chi connectivity index (χ2v) is 7.20. The average Bonchev–Trinajstić information content (AvgIpc) is 3.06. The number of carbonyl (C=O) groups is 2. The summed E-state index contributed by atoms with van der Waals surface area (Å²) in [6.07, 6.45) is 1.70. The summed E-state index contributed by atoms with van der Waals surface area (Å²) in [7, 11) is 1.29. The van der Waals surface area contributed by atoms with E-state index in [4.69, 9.17) is 9.47 Å². The molecule has 0 saturated carbocycles. The van der Waals surface area contributed by atoms with Gasteiger partial charge in [0.1, 0.15) is 22.4 Å². The lowest BCUT2D eigenvalue weighted by Crippen LogP contribution is -2.31. The second-order valence-electron chi connectivity index (χ2n) is 6.20. The van der Waals surface area contributed by atoms with Gasteiger partial charge in [0.2, 0.25) is 0 Å². The van der Waals surface area contributed by atoms with Crippen molar-refractivity contribution in [1.29, 1.82) is 0 Å². The molecule has 7 nitrogen and oxygen atoms in total. The normalized spacial score (nSPS) is 12.0. The summed E-state index contributed by atoms with van der Waals surface area (Å²) >= 11 is 1.10. The summed E-state index contributed by atoms with van der Waals surface area (Å²) in [6.45, 7) is 3.60. The number of methoxy groups -OCH3 is 1. The number of benzene rings is 1. The first kappa shape index (κ1) is 19.8. The van der Waals surface area contributed by atoms with Crippen molar-refractivity contribution in [2.24, 2.45) is 0 Å². The summed E-state index contributed by atoms with van der Waals surface area (Å²) in [5, 5.41) is 0.321. The molecule has 0 bridgehead atoms. The molecule has 3 aromatic rings. The van der Waals surface area contributed by atoms with E-state index in [1.165, 1.54) is 18.0 Å². The van der Waals surface area contributed by atoms with Crippen molar-refractivity contribution >= 4 is 33.5 Å². The lowest BCUT2D eigenvalue weighted by Gasteiger charge is -2.17. The third-order valence-corrected chi connectivity index (χ3v) is 5.65. The fraction of sp³-hybridized carbons (Fsp3) is 0.300. The van der Waals surface area contributed by atoms with E-state index in [0.717, 1.165) is 16.9 Å². The number of hydrogen-bond acceptors (Lipinski definition) is 7. The number of aromatic nitrogens is 2. The summed E-state index contributed by atoms with van der Waals surface area (Å²) < 4.78 is 11.4. The highest BCUT2D eigenvalue weighted by atomic mass is 32.1. The Bertz CT molecular complexity index is 1070. The molecule has 28 heavy (non-hydrogen) atoms. The van der Waals surface area contributed by atoms with Crippen LogP contribution >= 0.6 is 11.3 Å². The number of rotatable bonds is 6. The molecule has 0 aliphatic heterocycles. The number of fused-ring (bicyclic) bond motifs is 1. The fourth-order valence-corrected chi connectivity index (χ4v) is 4.01. The van der Waals surface area contributed by atoms with Crippen LogP contribution < -0.4 is 5.56 Å². The van der Waals surface area contributed by atoms with Gasteiger partial charge < -0.3 is 9.47 Å². The molecule has 8 heteroatoms. The predicted octanol–water partition coefficient (Wildman–Crippen LogP) is 3.25. The highest BCUT2D eigenvalue weighted by Crippen LogP contribution is 2.28. The standard InChI is InChI=1S/C20H20N2O5S/c1-4-14(19(24)27-10-13-8-6-5-7-9-13)22-11-21-17-15(18(22)23)12(2)16(28-17)20(25)26-3/h5-9,11,14H,4,10H2,1-3H3/t14-/m0/s1. The minimum Gasteiger partial charge on any atom is -0.465 e. The van der Waals surface area contributed by atoms with Crippen LogP contribution in [0.25, 0.3) is 10.2 Å². The van der Waals surface area contributed by atoms with Gasteiger partial charge in [-0.05, 0) is 24.5 Å². The Morgan fingerprint density at radius 1 is 1.25 bits per heavy atom. The molecule has 0 amide bonds. The number of aryl methyl sites for hydroxylation is 1. The monoisotopic (exact) mass is 400 g/mol. The van der Waals surface area contributed by atoms with Crippen LogP contribution in [0.5, 0.6) is 0 Å². The molecule has 0 aliphatic carbocycles. The largest absolute Gasteiger partial charge is 0.465 e. The minimum atomic E-state index is -0.797. The van der Waals surface area contributed by atoms with Gasteiger partial charge in [0, 0.05) is 0 Å². The van der Waals surface area contributed by atoms with Crippen molar-refractivity contribution < 1.29 is 19.1 Å². The number of esters is 2. The lowest BCUT2D eigenvalue weighted by atomic mass is 10.2. The zero-order chi connectivity index (χ0) is 20.3. The van der Waals surface area contributed by atoms with Crippen molar-refractivity contribution in [3.63, 3.8) is 0 Å². The zero-order valence-corrected chi connectivity index (χ0v) is 16.6. The molecule has 146 valence electrons. The number of carbonyl (C=O) groups excluding carboxylic acids is 2. The van der Waals surface area contributed by atoms with Gasteiger partial charge in [0.25, 0.3) is 5.56 Å². The Morgan fingerprint density at radius 3 is 2.61 bits per heavy atom. The van der Waals surface area contributed by atoms with Crippen molar-refractivity contribution in [2.45, 2.75) is 32.9 Å². The van der Waals surface area contributed by atoms with Gasteiger partial charge in [0.05, 0.1) is 18.8 Å². The fourth-order valence-electron chi connectivity index (χ4n) is 2.95. The Kier molecular flexibility index (Phi) is 5.89. The summed E-state index contributed by atoms with van der Waals surface area (Å²) in [6, 6.07) is 8.52. The highest BCUT2D eigenvalue weighted by Gasteiger charge is 2.25. The number of ether oxygens (including phenoxy) is 2. The maximum absolute atomic E-state index is 13.0. The molecular formula is C20H20N2O5S. The van der Waals surface area contributed by atoms with E-state index in [1.807, 2.05) is 30.3 Å². The predicted molar refractivity (Wildman–Crippen MR) is 106 cm³/mol. The maximum Gasteiger partial charge on any atom is 0.348 e. The van der Waals surface area contributed by atoms with Gasteiger partial charge in [-0.15, -0.1) is 11.3 Å². The molecular weight excluding hydrogens is 380 g/mol. The van der Waals surface area contributed by atoms with E-state index in [-0.39, 0.29) is 12.2 Å². The van der Waals surface area contributed by atoms with E-state index in [0.29, 0.717) is 27.1 Å². The van der Waals surface area contributed by atoms with Crippen molar-refractivity contribution in [3.05, 3.63) is 63.0 Å². The zero-order valence-electron chi connectivity index (χ0n) is 15.8. The second kappa shape index (κ2) is 8.35. The molecule has 2 heterocycles. The quantitative estimate of drug-likeness (QED) is 0.590. The number of hydrogen-bond donors (Lipinski definition) is 0. The third-order valence-electron chi connectivity index (χ3n) is 4.47. The Balaban J connectivity index is 1.93. The SMILES string of the molecule is CC[C@@H](C(=O)OCc1ccccc1)n1cnc2sc(C(=O)OC)c(C)c2c1=O. The van der Waals surface area contributed by atoms with Crippen LogP contribution in [-0.4, -0.2) is 28.6 Å². The molecule has 2 aromatic heterocycles. The summed E-state index contributed by atoms with van der Waals surface area (Å²) in [4.78, 5) is 42.6. The van der Waals surface area contributed by atoms with Gasteiger partial charge in [0.15, 0.2) is 0 Å². The van der Waals surface area contributed by atoms with Crippen LogP contribution in [0.15, 0.2) is 41.5 Å². The van der Waals surface area contributed by atoms with Gasteiger partial charge in [-0.2, -0.15) is 0 Å². The van der Waals surface area contributed by atoms with Crippen LogP contribution in [0.3, 0.4) is 0 Å². The molecule has 1 atom stereocenters. The first-order chi connectivity index (χ1) is 13.5. The molecule has 0 fully saturated rings. The van der Waals surface area contributed by atoms with Crippen LogP contribution in [0, 0.1) is 6.92 Å². The van der Waals surface area contributed by atoms with E-state index in [9.17, 15) is 14.4 Å². The molecule has 0 aliphatic rings. The third kappa shape index (κ3) is 3.68. The molecule has 3 rings (SSSR count). The van der Waals surface area contributed by atoms with Gasteiger partial charge in [-0.1, -0.05) is 37.3 Å². The first-order valence-electron chi connectivity index (χ1n) is 8.77. The molecule has 0 spiro atoms. The van der Waals surface area contributed by atoms with Crippen LogP contribution in [0.1, 0.15) is 40.2 Å². The topological polar surface area (TPSA) is 87.5 Å². The van der Waals surface area contributed by atoms with Crippen LogP contribution in [-0.2, 0) is 20.9 Å². The van der Waals surface area contributed by atoms with Gasteiger partial charge in [-0.25, -0.2) is 14.6 Å². The van der Waals surface area contributed by atoms with Crippen LogP contribution in [0.2, 0.25) is 0 Å². The smallest absolute Gasteiger partial charge is 0.348 e. The number of thiophene rings is 1. The molecule has 0 saturated heterocycles. The molecule has 0 N–H and O–H groups in total. The van der Waals surface area contributed by atoms with E-state index < -0.39 is 18.0 Å². The van der Waals surface area contributed by atoms with Crippen molar-refractivity contribution in [3.8, 4) is 0 Å². The first-order valence-corrected chi connectivity index (χ1v) is 9.58. The van der Waals surface area contributed by atoms with Crippen molar-refractivity contribution in [2.75, 3.05) is 7.11 Å². The lowest BCUT2D eigenvalue weighted by molar-refractivity contribution is -0.149. The van der Waals surface area contributed by atoms with Gasteiger partial charge in [-0.3, -0.25) is 9.36 Å². The Morgan fingerprint density at radius 2 is 1.96 bits per heavy atom. The molecule has 1 aromatic carbocycles. The number of nitrogens with zero attached hydrogens (tertiary/aromatic N) is 2. The summed E-state index contributed by atoms with van der Waals surface area (Å²) in [5.74, 6) is -1.02. The minimum absolute atomic E-state index is 0.130. The van der Waals surface area contributed by atoms with Gasteiger partial charge >= 0.3 is 11.9 Å². The van der Waals surface area contributed by atoms with E-state index in [2.05, 4.69) is 4.98 Å². The highest BCUT2D eigenvalue weighted by molar-refractivity contribution is 7.20. The molecule has 0 radical (unpaired) electrons. The Hall–Kier alpha value is -3.00. The Labute approximate surface area is 165 Å². The average molecular weight is 400 g/mol. The summed E-state index contributed by atoms with van der Waals surface area (Å²) in [5.41, 5.74) is 0.992. The maximum atomic E-state index is 13.0.